The Morgan fingerprint density at radius 3 is 2.79 bits per heavy atom. The first-order chi connectivity index (χ1) is 11.7. The third-order valence-electron chi connectivity index (χ3n) is 3.69. The van der Waals surface area contributed by atoms with Crippen molar-refractivity contribution >= 4 is 28.6 Å². The molecule has 4 rings (SSSR count). The summed E-state index contributed by atoms with van der Waals surface area (Å²) < 4.78 is 15.9. The number of esters is 1. The average Bonchev–Trinajstić information content (AvgIpc) is 3.00. The average molecular weight is 325 g/mol. The highest BCUT2D eigenvalue weighted by atomic mass is 16.6. The zero-order chi connectivity index (χ0) is 16.5. The van der Waals surface area contributed by atoms with Crippen molar-refractivity contribution in [3.8, 4) is 11.5 Å². The number of hydrogen-bond acceptors (Lipinski definition) is 6. The molecule has 0 spiro atoms. The van der Waals surface area contributed by atoms with E-state index in [2.05, 4.69) is 15.3 Å². The molecule has 0 radical (unpaired) electrons. The van der Waals surface area contributed by atoms with E-state index in [1.807, 2.05) is 18.2 Å². The van der Waals surface area contributed by atoms with Crippen LogP contribution in [0.2, 0.25) is 0 Å². The number of benzene rings is 2. The fourth-order valence-electron chi connectivity index (χ4n) is 2.58. The first kappa shape index (κ1) is 14.4. The molecule has 0 fully saturated rings. The van der Waals surface area contributed by atoms with Gasteiger partial charge in [0.15, 0.2) is 11.5 Å². The lowest BCUT2D eigenvalue weighted by molar-refractivity contribution is 0.0601. The maximum Gasteiger partial charge on any atom is 0.337 e. The smallest absolute Gasteiger partial charge is 0.337 e. The number of carbonyl (C=O) groups is 1. The van der Waals surface area contributed by atoms with Crippen LogP contribution in [0.1, 0.15) is 10.4 Å². The first-order valence-electron chi connectivity index (χ1n) is 7.48. The second-order valence-electron chi connectivity index (χ2n) is 5.30. The summed E-state index contributed by atoms with van der Waals surface area (Å²) in [5.74, 6) is 1.58. The Kier molecular flexibility index (Phi) is 3.45. The third kappa shape index (κ3) is 2.60. The van der Waals surface area contributed by atoms with Crippen LogP contribution >= 0.6 is 0 Å². The largest absolute Gasteiger partial charge is 0.486 e. The van der Waals surface area contributed by atoms with Gasteiger partial charge in [-0.1, -0.05) is 6.07 Å². The molecular weight excluding hydrogens is 310 g/mol. The SMILES string of the molecule is COC(=O)c1cccc(Nc2nc3cc4c(cc3[nH]2)OCCO4)c1. The van der Waals surface area contributed by atoms with Crippen molar-refractivity contribution in [2.24, 2.45) is 0 Å². The van der Waals surface area contributed by atoms with E-state index >= 15 is 0 Å². The molecule has 0 saturated heterocycles. The highest BCUT2D eigenvalue weighted by molar-refractivity contribution is 5.90. The van der Waals surface area contributed by atoms with Crippen molar-refractivity contribution in [1.82, 2.24) is 9.97 Å². The Bertz CT molecular complexity index is 876. The Morgan fingerprint density at radius 1 is 1.21 bits per heavy atom. The van der Waals surface area contributed by atoms with Gasteiger partial charge in [0.05, 0.1) is 23.7 Å². The Hall–Kier alpha value is -3.22. The minimum Gasteiger partial charge on any atom is -0.486 e. The summed E-state index contributed by atoms with van der Waals surface area (Å²) in [5, 5.41) is 3.15. The highest BCUT2D eigenvalue weighted by Crippen LogP contribution is 2.34. The van der Waals surface area contributed by atoms with Crippen molar-refractivity contribution in [2.75, 3.05) is 25.6 Å². The van der Waals surface area contributed by atoms with Crippen LogP contribution in [0.25, 0.3) is 11.0 Å². The van der Waals surface area contributed by atoms with E-state index in [-0.39, 0.29) is 5.97 Å². The highest BCUT2D eigenvalue weighted by Gasteiger charge is 2.15. The monoisotopic (exact) mass is 325 g/mol. The van der Waals surface area contributed by atoms with E-state index < -0.39 is 0 Å². The van der Waals surface area contributed by atoms with Crippen molar-refractivity contribution < 1.29 is 19.0 Å². The van der Waals surface area contributed by atoms with Gasteiger partial charge in [0, 0.05) is 17.8 Å². The molecular formula is C17H15N3O4. The summed E-state index contributed by atoms with van der Waals surface area (Å²) >= 11 is 0. The molecule has 0 saturated carbocycles. The lowest BCUT2D eigenvalue weighted by atomic mass is 10.2. The second-order valence-corrected chi connectivity index (χ2v) is 5.30. The van der Waals surface area contributed by atoms with Crippen LogP contribution < -0.4 is 14.8 Å². The Morgan fingerprint density at radius 2 is 2.00 bits per heavy atom. The van der Waals surface area contributed by atoms with Crippen molar-refractivity contribution in [3.05, 3.63) is 42.0 Å². The third-order valence-corrected chi connectivity index (χ3v) is 3.69. The zero-order valence-corrected chi connectivity index (χ0v) is 13.0. The minimum absolute atomic E-state index is 0.384. The van der Waals surface area contributed by atoms with Gasteiger partial charge in [-0.15, -0.1) is 0 Å². The van der Waals surface area contributed by atoms with E-state index in [4.69, 9.17) is 14.2 Å². The normalized spacial score (nSPS) is 12.9. The number of imidazole rings is 1. The number of carbonyl (C=O) groups excluding carboxylic acids is 1. The number of aromatic nitrogens is 2. The van der Waals surface area contributed by atoms with Gasteiger partial charge in [-0.2, -0.15) is 0 Å². The zero-order valence-electron chi connectivity index (χ0n) is 13.0. The van der Waals surface area contributed by atoms with Crippen LogP contribution in [0.4, 0.5) is 11.6 Å². The molecule has 0 aliphatic carbocycles. The van der Waals surface area contributed by atoms with Gasteiger partial charge < -0.3 is 24.5 Å². The lowest BCUT2D eigenvalue weighted by Crippen LogP contribution is -2.15. The minimum atomic E-state index is -0.384. The van der Waals surface area contributed by atoms with Gasteiger partial charge in [-0.3, -0.25) is 0 Å². The second kappa shape index (κ2) is 5.77. The molecule has 7 nitrogen and oxygen atoms in total. The lowest BCUT2D eigenvalue weighted by Gasteiger charge is -2.17. The molecule has 3 aromatic rings. The van der Waals surface area contributed by atoms with Crippen LogP contribution in [-0.2, 0) is 4.74 Å². The van der Waals surface area contributed by atoms with E-state index in [0.29, 0.717) is 36.2 Å². The van der Waals surface area contributed by atoms with Crippen LogP contribution in [0, 0.1) is 0 Å². The summed E-state index contributed by atoms with van der Waals surface area (Å²) in [6.45, 7) is 1.08. The maximum atomic E-state index is 11.6. The molecule has 1 aliphatic heterocycles. The van der Waals surface area contributed by atoms with Crippen LogP contribution in [-0.4, -0.2) is 36.3 Å². The number of ether oxygens (including phenoxy) is 3. The number of methoxy groups -OCH3 is 1. The van der Waals surface area contributed by atoms with Crippen LogP contribution in [0.3, 0.4) is 0 Å². The number of H-pyrrole nitrogens is 1. The molecule has 7 heteroatoms. The Balaban J connectivity index is 1.64. The Labute approximate surface area is 137 Å². The molecule has 2 N–H and O–H groups in total. The molecule has 0 unspecified atom stereocenters. The van der Waals surface area contributed by atoms with Gasteiger partial charge >= 0.3 is 5.97 Å². The number of fused-ring (bicyclic) bond motifs is 2. The summed E-state index contributed by atoms with van der Waals surface area (Å²) in [6.07, 6.45) is 0. The standard InChI is InChI=1S/C17H15N3O4/c1-22-16(21)10-3-2-4-11(7-10)18-17-19-12-8-14-15(9-13(12)20-17)24-6-5-23-14/h2-4,7-9H,5-6H2,1H3,(H2,18,19,20). The molecule has 0 bridgehead atoms. The number of anilines is 2. The molecule has 0 atom stereocenters. The number of hydrogen-bond donors (Lipinski definition) is 2. The molecule has 0 amide bonds. The summed E-state index contributed by atoms with van der Waals surface area (Å²) in [6, 6.07) is 10.7. The number of nitrogens with one attached hydrogen (secondary N) is 2. The van der Waals surface area contributed by atoms with Crippen molar-refractivity contribution in [3.63, 3.8) is 0 Å². The molecule has 24 heavy (non-hydrogen) atoms. The van der Waals surface area contributed by atoms with Gasteiger partial charge in [0.1, 0.15) is 13.2 Å². The summed E-state index contributed by atoms with van der Waals surface area (Å²) in [4.78, 5) is 19.3. The van der Waals surface area contributed by atoms with E-state index in [1.54, 1.807) is 18.2 Å². The van der Waals surface area contributed by atoms with Crippen LogP contribution in [0.5, 0.6) is 11.5 Å². The van der Waals surface area contributed by atoms with Crippen molar-refractivity contribution in [2.45, 2.75) is 0 Å². The first-order valence-corrected chi connectivity index (χ1v) is 7.48. The molecule has 1 aliphatic rings. The fourth-order valence-corrected chi connectivity index (χ4v) is 2.58. The molecule has 122 valence electrons. The van der Waals surface area contributed by atoms with Crippen LogP contribution in [0.15, 0.2) is 36.4 Å². The summed E-state index contributed by atoms with van der Waals surface area (Å²) in [5.41, 5.74) is 2.81. The summed E-state index contributed by atoms with van der Waals surface area (Å²) in [7, 11) is 1.35. The predicted molar refractivity (Wildman–Crippen MR) is 88.1 cm³/mol. The van der Waals surface area contributed by atoms with Gasteiger partial charge in [0.2, 0.25) is 5.95 Å². The quantitative estimate of drug-likeness (QED) is 0.720. The maximum absolute atomic E-state index is 11.6. The molecule has 2 heterocycles. The van der Waals surface area contributed by atoms with Crippen molar-refractivity contribution in [1.29, 1.82) is 0 Å². The fraction of sp³-hybridized carbons (Fsp3) is 0.176. The van der Waals surface area contributed by atoms with Gasteiger partial charge in [-0.05, 0) is 18.2 Å². The van der Waals surface area contributed by atoms with E-state index in [0.717, 1.165) is 16.7 Å². The van der Waals surface area contributed by atoms with E-state index in [9.17, 15) is 4.79 Å². The van der Waals surface area contributed by atoms with Gasteiger partial charge in [-0.25, -0.2) is 9.78 Å². The topological polar surface area (TPSA) is 85.5 Å². The predicted octanol–water partition coefficient (Wildman–Crippen LogP) is 2.86. The number of aromatic amines is 1. The number of rotatable bonds is 3. The van der Waals surface area contributed by atoms with E-state index in [1.165, 1.54) is 7.11 Å². The van der Waals surface area contributed by atoms with Gasteiger partial charge in [0.25, 0.3) is 0 Å². The number of nitrogens with zero attached hydrogens (tertiary/aromatic N) is 1. The molecule has 2 aromatic carbocycles. The molecule has 1 aromatic heterocycles.